The first-order chi connectivity index (χ1) is 19.4. The molecule has 1 saturated carbocycles. The van der Waals surface area contributed by atoms with Crippen molar-refractivity contribution in [3.05, 3.63) is 90.0 Å². The van der Waals surface area contributed by atoms with E-state index in [1.807, 2.05) is 0 Å². The van der Waals surface area contributed by atoms with Crippen LogP contribution >= 0.6 is 0 Å². The lowest BCUT2D eigenvalue weighted by atomic mass is 9.79. The second-order valence-corrected chi connectivity index (χ2v) is 10.2. The van der Waals surface area contributed by atoms with Crippen molar-refractivity contribution >= 4 is 0 Å². The first kappa shape index (κ1) is 29.5. The Morgan fingerprint density at radius 2 is 1.43 bits per heavy atom. The van der Waals surface area contributed by atoms with Gasteiger partial charge < -0.3 is 14.2 Å². The second-order valence-electron chi connectivity index (χ2n) is 10.2. The molecule has 3 nitrogen and oxygen atoms in total. The van der Waals surface area contributed by atoms with E-state index in [2.05, 4.69) is 13.5 Å². The van der Waals surface area contributed by atoms with Gasteiger partial charge in [-0.2, -0.15) is 8.78 Å². The van der Waals surface area contributed by atoms with Gasteiger partial charge in [-0.05, 0) is 91.8 Å². The van der Waals surface area contributed by atoms with E-state index in [0.29, 0.717) is 55.6 Å². The number of unbranched alkanes of at least 4 members (excludes halogenated alkanes) is 1. The summed E-state index contributed by atoms with van der Waals surface area (Å²) in [5.74, 6) is -3.39. The maximum atomic E-state index is 14.9. The van der Waals surface area contributed by atoms with Gasteiger partial charge in [0.05, 0.1) is 19.8 Å². The van der Waals surface area contributed by atoms with Crippen molar-refractivity contribution in [2.75, 3.05) is 19.8 Å². The Kier molecular flexibility index (Phi) is 10.5. The summed E-state index contributed by atoms with van der Waals surface area (Å²) in [5, 5.41) is 0. The van der Waals surface area contributed by atoms with E-state index in [1.165, 1.54) is 18.2 Å². The molecule has 4 rings (SSSR count). The SMILES string of the molecule is C=CCCOc1ccc(C2CCC(COc3ccc(-c4ccc(OCCCC)cc4)c(F)c3F)CC2)c(F)c1F. The number of halogens is 4. The molecule has 0 saturated heterocycles. The number of rotatable bonds is 13. The Balaban J connectivity index is 1.31. The molecule has 1 aliphatic rings. The summed E-state index contributed by atoms with van der Waals surface area (Å²) in [6.45, 7) is 6.73. The van der Waals surface area contributed by atoms with Crippen LogP contribution in [0.2, 0.25) is 0 Å². The topological polar surface area (TPSA) is 27.7 Å². The Hall–Kier alpha value is -3.48. The molecule has 0 unspecified atom stereocenters. The lowest BCUT2D eigenvalue weighted by Gasteiger charge is -2.29. The van der Waals surface area contributed by atoms with Crippen molar-refractivity contribution in [1.82, 2.24) is 0 Å². The van der Waals surface area contributed by atoms with Crippen molar-refractivity contribution in [1.29, 1.82) is 0 Å². The zero-order valence-corrected chi connectivity index (χ0v) is 22.9. The third kappa shape index (κ3) is 7.18. The quantitative estimate of drug-likeness (QED) is 0.119. The molecular weight excluding hydrogens is 520 g/mol. The van der Waals surface area contributed by atoms with Crippen molar-refractivity contribution in [3.8, 4) is 28.4 Å². The smallest absolute Gasteiger partial charge is 0.201 e. The molecule has 0 atom stereocenters. The van der Waals surface area contributed by atoms with Crippen LogP contribution in [0.1, 0.15) is 63.4 Å². The highest BCUT2D eigenvalue weighted by molar-refractivity contribution is 5.66. The molecule has 40 heavy (non-hydrogen) atoms. The highest BCUT2D eigenvalue weighted by Crippen LogP contribution is 2.39. The molecule has 7 heteroatoms. The highest BCUT2D eigenvalue weighted by atomic mass is 19.2. The fourth-order valence-electron chi connectivity index (χ4n) is 5.00. The molecule has 3 aromatic rings. The molecule has 0 aliphatic heterocycles. The summed E-state index contributed by atoms with van der Waals surface area (Å²) < 4.78 is 75.6. The van der Waals surface area contributed by atoms with Gasteiger partial charge in [0.1, 0.15) is 5.75 Å². The minimum absolute atomic E-state index is 0.0982. The van der Waals surface area contributed by atoms with Gasteiger partial charge in [0, 0.05) is 5.56 Å². The summed E-state index contributed by atoms with van der Waals surface area (Å²) in [4.78, 5) is 0. The van der Waals surface area contributed by atoms with Crippen molar-refractivity contribution in [3.63, 3.8) is 0 Å². The Morgan fingerprint density at radius 3 is 2.12 bits per heavy atom. The van der Waals surface area contributed by atoms with Crippen LogP contribution in [0.4, 0.5) is 17.6 Å². The van der Waals surface area contributed by atoms with Crippen molar-refractivity contribution in [2.45, 2.75) is 57.8 Å². The van der Waals surface area contributed by atoms with Crippen LogP contribution in [-0.4, -0.2) is 19.8 Å². The van der Waals surface area contributed by atoms with Gasteiger partial charge in [-0.15, -0.1) is 6.58 Å². The molecule has 0 bridgehead atoms. The van der Waals surface area contributed by atoms with Gasteiger partial charge in [-0.1, -0.05) is 37.6 Å². The van der Waals surface area contributed by atoms with E-state index in [1.54, 1.807) is 36.4 Å². The van der Waals surface area contributed by atoms with Crippen molar-refractivity contribution in [2.24, 2.45) is 5.92 Å². The second kappa shape index (κ2) is 14.2. The van der Waals surface area contributed by atoms with Crippen LogP contribution in [0.3, 0.4) is 0 Å². The third-order valence-electron chi connectivity index (χ3n) is 7.40. The number of ether oxygens (including phenoxy) is 3. The monoisotopic (exact) mass is 556 g/mol. The maximum Gasteiger partial charge on any atom is 0.201 e. The van der Waals surface area contributed by atoms with E-state index in [-0.39, 0.29) is 42.1 Å². The predicted octanol–water partition coefficient (Wildman–Crippen LogP) is 9.40. The lowest BCUT2D eigenvalue weighted by Crippen LogP contribution is -2.20. The van der Waals surface area contributed by atoms with Crippen LogP contribution < -0.4 is 14.2 Å². The van der Waals surface area contributed by atoms with Crippen LogP contribution in [0.15, 0.2) is 61.2 Å². The summed E-state index contributed by atoms with van der Waals surface area (Å²) in [6.07, 6.45) is 6.87. The molecular formula is C33H36F4O3. The number of hydrogen-bond donors (Lipinski definition) is 0. The minimum Gasteiger partial charge on any atom is -0.494 e. The van der Waals surface area contributed by atoms with Crippen LogP contribution in [0, 0.1) is 29.2 Å². The van der Waals surface area contributed by atoms with Crippen LogP contribution in [0.25, 0.3) is 11.1 Å². The molecule has 0 N–H and O–H groups in total. The average molecular weight is 557 g/mol. The fourth-order valence-corrected chi connectivity index (χ4v) is 5.00. The fraction of sp³-hybridized carbons (Fsp3) is 0.394. The van der Waals surface area contributed by atoms with Gasteiger partial charge >= 0.3 is 0 Å². The zero-order chi connectivity index (χ0) is 28.5. The summed E-state index contributed by atoms with van der Waals surface area (Å²) in [5.41, 5.74) is 1.04. The normalized spacial score (nSPS) is 16.9. The standard InChI is InChI=1S/C33H36F4O3/c1-3-5-19-38-25-13-11-24(12-14-25)27-16-18-29(33(37)31(27)35)40-21-22-7-9-23(10-8-22)26-15-17-28(32(36)30(26)34)39-20-6-4-2/h4,11-18,22-23H,2-3,5-10,19-21H2,1H3. The third-order valence-corrected chi connectivity index (χ3v) is 7.40. The molecule has 0 radical (unpaired) electrons. The number of hydrogen-bond acceptors (Lipinski definition) is 3. The molecule has 0 amide bonds. The average Bonchev–Trinajstić information content (AvgIpc) is 2.97. The van der Waals surface area contributed by atoms with Crippen molar-refractivity contribution < 1.29 is 31.8 Å². The first-order valence-corrected chi connectivity index (χ1v) is 14.0. The van der Waals surface area contributed by atoms with E-state index in [4.69, 9.17) is 14.2 Å². The Morgan fingerprint density at radius 1 is 0.750 bits per heavy atom. The van der Waals surface area contributed by atoms with E-state index < -0.39 is 23.3 Å². The van der Waals surface area contributed by atoms with E-state index >= 15 is 0 Å². The molecule has 0 heterocycles. The molecule has 214 valence electrons. The summed E-state index contributed by atoms with van der Waals surface area (Å²) >= 11 is 0. The molecule has 1 aliphatic carbocycles. The predicted molar refractivity (Wildman–Crippen MR) is 149 cm³/mol. The van der Waals surface area contributed by atoms with Gasteiger partial charge in [0.15, 0.2) is 23.1 Å². The van der Waals surface area contributed by atoms with Crippen LogP contribution in [0.5, 0.6) is 17.2 Å². The van der Waals surface area contributed by atoms with E-state index in [0.717, 1.165) is 12.8 Å². The van der Waals surface area contributed by atoms with Gasteiger partial charge in [-0.3, -0.25) is 0 Å². The molecule has 1 fully saturated rings. The summed E-state index contributed by atoms with van der Waals surface area (Å²) in [6, 6.07) is 12.9. The largest absolute Gasteiger partial charge is 0.494 e. The molecule has 0 spiro atoms. The molecule has 0 aromatic heterocycles. The zero-order valence-electron chi connectivity index (χ0n) is 22.9. The highest BCUT2D eigenvalue weighted by Gasteiger charge is 2.27. The Labute approximate surface area is 233 Å². The molecule has 3 aromatic carbocycles. The maximum absolute atomic E-state index is 14.9. The Bertz CT molecular complexity index is 1270. The summed E-state index contributed by atoms with van der Waals surface area (Å²) in [7, 11) is 0. The first-order valence-electron chi connectivity index (χ1n) is 14.0. The van der Waals surface area contributed by atoms with Gasteiger partial charge in [0.25, 0.3) is 0 Å². The lowest BCUT2D eigenvalue weighted by molar-refractivity contribution is 0.191. The van der Waals surface area contributed by atoms with Crippen LogP contribution in [-0.2, 0) is 0 Å². The van der Waals surface area contributed by atoms with Gasteiger partial charge in [-0.25, -0.2) is 8.78 Å². The number of benzene rings is 3. The van der Waals surface area contributed by atoms with Gasteiger partial charge in [0.2, 0.25) is 11.6 Å². The minimum atomic E-state index is -1.03. The van der Waals surface area contributed by atoms with E-state index in [9.17, 15) is 17.6 Å².